The summed E-state index contributed by atoms with van der Waals surface area (Å²) in [6.45, 7) is 4.72. The summed E-state index contributed by atoms with van der Waals surface area (Å²) >= 11 is 1.54. The molecule has 1 aliphatic carbocycles. The third-order valence-corrected chi connectivity index (χ3v) is 5.20. The SMILES string of the molecule is Cc1nc(CN)sc1-c1nc(C2CCC(C)CC2)no1. The number of thiazole rings is 1. The zero-order chi connectivity index (χ0) is 14.1. The van der Waals surface area contributed by atoms with Gasteiger partial charge in [-0.05, 0) is 25.7 Å². The van der Waals surface area contributed by atoms with E-state index in [1.165, 1.54) is 12.8 Å². The summed E-state index contributed by atoms with van der Waals surface area (Å²) in [5.74, 6) is 2.72. The van der Waals surface area contributed by atoms with Gasteiger partial charge in [0.25, 0.3) is 5.89 Å². The second-order valence-electron chi connectivity index (χ2n) is 5.64. The molecule has 2 N–H and O–H groups in total. The van der Waals surface area contributed by atoms with E-state index < -0.39 is 0 Å². The highest BCUT2D eigenvalue weighted by Crippen LogP contribution is 2.36. The van der Waals surface area contributed by atoms with E-state index in [0.717, 1.165) is 40.2 Å². The Morgan fingerprint density at radius 1 is 1.25 bits per heavy atom. The van der Waals surface area contributed by atoms with Crippen molar-refractivity contribution in [3.05, 3.63) is 16.5 Å². The molecule has 2 heterocycles. The standard InChI is InChI=1S/C14H20N4OS/c1-8-3-5-10(6-4-8)13-17-14(19-18-13)12-9(2)16-11(7-15)20-12/h8,10H,3-7,15H2,1-2H3. The van der Waals surface area contributed by atoms with Crippen molar-refractivity contribution < 1.29 is 4.52 Å². The number of hydrogen-bond donors (Lipinski definition) is 1. The highest BCUT2D eigenvalue weighted by atomic mass is 32.1. The second-order valence-corrected chi connectivity index (χ2v) is 6.72. The molecule has 1 aliphatic rings. The fraction of sp³-hybridized carbons (Fsp3) is 0.643. The zero-order valence-corrected chi connectivity index (χ0v) is 12.7. The third-order valence-electron chi connectivity index (χ3n) is 4.03. The summed E-state index contributed by atoms with van der Waals surface area (Å²) in [4.78, 5) is 9.94. The van der Waals surface area contributed by atoms with Crippen molar-refractivity contribution in [1.29, 1.82) is 0 Å². The summed E-state index contributed by atoms with van der Waals surface area (Å²) in [6, 6.07) is 0. The first kappa shape index (κ1) is 13.7. The minimum absolute atomic E-state index is 0.450. The van der Waals surface area contributed by atoms with Crippen LogP contribution in [0.1, 0.15) is 55.1 Å². The van der Waals surface area contributed by atoms with E-state index in [1.54, 1.807) is 11.3 Å². The Hall–Kier alpha value is -1.27. The van der Waals surface area contributed by atoms with E-state index in [-0.39, 0.29) is 0 Å². The van der Waals surface area contributed by atoms with Crippen LogP contribution in [0.25, 0.3) is 10.8 Å². The summed E-state index contributed by atoms with van der Waals surface area (Å²) in [5.41, 5.74) is 6.55. The average molecular weight is 292 g/mol. The van der Waals surface area contributed by atoms with E-state index in [0.29, 0.717) is 18.4 Å². The Morgan fingerprint density at radius 3 is 2.65 bits per heavy atom. The smallest absolute Gasteiger partial charge is 0.269 e. The van der Waals surface area contributed by atoms with E-state index in [4.69, 9.17) is 10.3 Å². The molecule has 1 saturated carbocycles. The molecule has 5 nitrogen and oxygen atoms in total. The van der Waals surface area contributed by atoms with E-state index in [1.807, 2.05) is 6.92 Å². The van der Waals surface area contributed by atoms with Crippen molar-refractivity contribution in [3.63, 3.8) is 0 Å². The van der Waals surface area contributed by atoms with Gasteiger partial charge in [-0.2, -0.15) is 4.98 Å². The van der Waals surface area contributed by atoms with Crippen LogP contribution in [0.2, 0.25) is 0 Å². The quantitative estimate of drug-likeness (QED) is 0.939. The Morgan fingerprint density at radius 2 is 2.00 bits per heavy atom. The lowest BCUT2D eigenvalue weighted by Gasteiger charge is -2.23. The van der Waals surface area contributed by atoms with Crippen molar-refractivity contribution in [1.82, 2.24) is 15.1 Å². The molecule has 0 amide bonds. The van der Waals surface area contributed by atoms with Crippen molar-refractivity contribution in [2.75, 3.05) is 0 Å². The van der Waals surface area contributed by atoms with Crippen molar-refractivity contribution in [3.8, 4) is 10.8 Å². The zero-order valence-electron chi connectivity index (χ0n) is 11.9. The first-order chi connectivity index (χ1) is 9.67. The molecule has 2 aromatic rings. The summed E-state index contributed by atoms with van der Waals surface area (Å²) in [5, 5.41) is 5.09. The molecule has 0 spiro atoms. The van der Waals surface area contributed by atoms with E-state index in [9.17, 15) is 0 Å². The maximum absolute atomic E-state index is 5.63. The molecule has 0 aliphatic heterocycles. The molecule has 0 bridgehead atoms. The first-order valence-electron chi connectivity index (χ1n) is 7.17. The van der Waals surface area contributed by atoms with Gasteiger partial charge in [-0.3, -0.25) is 0 Å². The predicted molar refractivity (Wildman–Crippen MR) is 78.4 cm³/mol. The lowest BCUT2D eigenvalue weighted by atomic mass is 9.83. The maximum atomic E-state index is 5.63. The van der Waals surface area contributed by atoms with Gasteiger partial charge in [0.15, 0.2) is 5.82 Å². The van der Waals surface area contributed by atoms with Crippen molar-refractivity contribution in [2.24, 2.45) is 11.7 Å². The molecule has 6 heteroatoms. The summed E-state index contributed by atoms with van der Waals surface area (Å²) in [6.07, 6.45) is 4.84. The number of hydrogen-bond acceptors (Lipinski definition) is 6. The average Bonchev–Trinajstić information content (AvgIpc) is 3.06. The molecule has 0 radical (unpaired) electrons. The maximum Gasteiger partial charge on any atom is 0.269 e. The molecule has 0 unspecified atom stereocenters. The van der Waals surface area contributed by atoms with Crippen molar-refractivity contribution in [2.45, 2.75) is 52.0 Å². The molecule has 1 fully saturated rings. The van der Waals surface area contributed by atoms with Crippen LogP contribution in [0, 0.1) is 12.8 Å². The molecular formula is C14H20N4OS. The van der Waals surface area contributed by atoms with Crippen LogP contribution in [0.3, 0.4) is 0 Å². The van der Waals surface area contributed by atoms with Gasteiger partial charge in [-0.1, -0.05) is 24.9 Å². The van der Waals surface area contributed by atoms with Gasteiger partial charge in [-0.25, -0.2) is 4.98 Å². The van der Waals surface area contributed by atoms with Crippen LogP contribution >= 0.6 is 11.3 Å². The molecule has 108 valence electrons. The van der Waals surface area contributed by atoms with Gasteiger partial charge in [0.2, 0.25) is 0 Å². The first-order valence-corrected chi connectivity index (χ1v) is 7.99. The normalized spacial score (nSPS) is 23.1. The molecule has 3 rings (SSSR count). The molecule has 0 atom stereocenters. The topological polar surface area (TPSA) is 77.8 Å². The van der Waals surface area contributed by atoms with Crippen LogP contribution in [-0.4, -0.2) is 15.1 Å². The Bertz CT molecular complexity index is 584. The van der Waals surface area contributed by atoms with Gasteiger partial charge in [-0.15, -0.1) is 11.3 Å². The monoisotopic (exact) mass is 292 g/mol. The van der Waals surface area contributed by atoms with Crippen LogP contribution in [-0.2, 0) is 6.54 Å². The minimum Gasteiger partial charge on any atom is -0.333 e. The fourth-order valence-corrected chi connectivity index (χ4v) is 3.61. The lowest BCUT2D eigenvalue weighted by Crippen LogP contribution is -2.11. The van der Waals surface area contributed by atoms with Crippen LogP contribution in [0.15, 0.2) is 4.52 Å². The highest BCUT2D eigenvalue weighted by molar-refractivity contribution is 7.15. The highest BCUT2D eigenvalue weighted by Gasteiger charge is 2.25. The van der Waals surface area contributed by atoms with E-state index >= 15 is 0 Å². The number of nitrogens with two attached hydrogens (primary N) is 1. The summed E-state index contributed by atoms with van der Waals surface area (Å²) < 4.78 is 5.44. The minimum atomic E-state index is 0.450. The van der Waals surface area contributed by atoms with Gasteiger partial charge < -0.3 is 10.3 Å². The largest absolute Gasteiger partial charge is 0.333 e. The number of rotatable bonds is 3. The fourth-order valence-electron chi connectivity index (χ4n) is 2.75. The Kier molecular flexibility index (Phi) is 3.85. The van der Waals surface area contributed by atoms with Crippen molar-refractivity contribution >= 4 is 11.3 Å². The van der Waals surface area contributed by atoms with E-state index in [2.05, 4.69) is 22.0 Å². The lowest BCUT2D eigenvalue weighted by molar-refractivity contribution is 0.329. The number of nitrogens with zero attached hydrogens (tertiary/aromatic N) is 3. The van der Waals surface area contributed by atoms with Gasteiger partial charge in [0.1, 0.15) is 9.88 Å². The third kappa shape index (κ3) is 2.62. The second kappa shape index (κ2) is 5.61. The number of aromatic nitrogens is 3. The molecule has 0 saturated heterocycles. The molecule has 2 aromatic heterocycles. The predicted octanol–water partition coefficient (Wildman–Crippen LogP) is 3.25. The molecule has 0 aromatic carbocycles. The van der Waals surface area contributed by atoms with Crippen LogP contribution < -0.4 is 5.73 Å². The Labute approximate surface area is 122 Å². The van der Waals surface area contributed by atoms with Crippen LogP contribution in [0.5, 0.6) is 0 Å². The van der Waals surface area contributed by atoms with Gasteiger partial charge in [0.05, 0.1) is 5.69 Å². The number of aryl methyl sites for hydroxylation is 1. The molecule has 20 heavy (non-hydrogen) atoms. The van der Waals surface area contributed by atoms with Gasteiger partial charge >= 0.3 is 0 Å². The summed E-state index contributed by atoms with van der Waals surface area (Å²) in [7, 11) is 0. The Balaban J connectivity index is 1.81. The molecular weight excluding hydrogens is 272 g/mol. The van der Waals surface area contributed by atoms with Crippen LogP contribution in [0.4, 0.5) is 0 Å². The van der Waals surface area contributed by atoms with Gasteiger partial charge in [0, 0.05) is 12.5 Å².